The Bertz CT molecular complexity index is 756. The van der Waals surface area contributed by atoms with Crippen LogP contribution < -0.4 is 0 Å². The highest BCUT2D eigenvalue weighted by molar-refractivity contribution is 5.65. The van der Waals surface area contributed by atoms with Gasteiger partial charge in [-0.3, -0.25) is 0 Å². The molecule has 3 rings (SSSR count). The predicted molar refractivity (Wildman–Crippen MR) is 96.5 cm³/mol. The molecule has 0 atom stereocenters. The summed E-state index contributed by atoms with van der Waals surface area (Å²) in [6.07, 6.45) is 2.45. The van der Waals surface area contributed by atoms with Crippen molar-refractivity contribution in [3.8, 4) is 11.1 Å². The van der Waals surface area contributed by atoms with Crippen molar-refractivity contribution >= 4 is 0 Å². The van der Waals surface area contributed by atoms with E-state index < -0.39 is 23.5 Å². The van der Waals surface area contributed by atoms with E-state index in [0.29, 0.717) is 18.4 Å². The molecular weight excluding hydrogens is 340 g/mol. The lowest BCUT2D eigenvalue weighted by molar-refractivity contribution is -0.0749. The highest BCUT2D eigenvalue weighted by Crippen LogP contribution is 2.43. The lowest BCUT2D eigenvalue weighted by Gasteiger charge is -2.33. The van der Waals surface area contributed by atoms with Gasteiger partial charge >= 0.3 is 0 Å². The molecule has 0 radical (unpaired) electrons. The van der Waals surface area contributed by atoms with E-state index >= 15 is 0 Å². The lowest BCUT2D eigenvalue weighted by atomic mass is 9.76. The van der Waals surface area contributed by atoms with Crippen LogP contribution in [0.4, 0.5) is 17.6 Å². The topological polar surface area (TPSA) is 0 Å². The maximum atomic E-state index is 14.1. The number of rotatable bonds is 4. The van der Waals surface area contributed by atoms with Gasteiger partial charge in [0.25, 0.3) is 5.92 Å². The fourth-order valence-corrected chi connectivity index (χ4v) is 3.94. The van der Waals surface area contributed by atoms with Gasteiger partial charge in [-0.25, -0.2) is 17.6 Å². The zero-order chi connectivity index (χ0) is 18.9. The van der Waals surface area contributed by atoms with Crippen molar-refractivity contribution in [1.29, 1.82) is 0 Å². The third-order valence-corrected chi connectivity index (χ3v) is 5.76. The average Bonchev–Trinajstić information content (AvgIpc) is 2.66. The van der Waals surface area contributed by atoms with E-state index in [1.165, 1.54) is 13.8 Å². The van der Waals surface area contributed by atoms with Gasteiger partial charge in [-0.15, -0.1) is 0 Å². The van der Waals surface area contributed by atoms with Gasteiger partial charge in [0.1, 0.15) is 0 Å². The summed E-state index contributed by atoms with van der Waals surface area (Å²) in [5.41, 5.74) is 2.23. The number of halogens is 4. The molecule has 0 unspecified atom stereocenters. The Balaban J connectivity index is 1.72. The normalized spacial score (nSPS) is 21.0. The Morgan fingerprint density at radius 2 is 1.50 bits per heavy atom. The van der Waals surface area contributed by atoms with Gasteiger partial charge in [-0.05, 0) is 55.2 Å². The summed E-state index contributed by atoms with van der Waals surface area (Å²) < 4.78 is 55.6. The van der Waals surface area contributed by atoms with Gasteiger partial charge in [0.05, 0.1) is 0 Å². The summed E-state index contributed by atoms with van der Waals surface area (Å²) in [4.78, 5) is 0. The maximum absolute atomic E-state index is 14.1. The molecule has 2 aromatic rings. The van der Waals surface area contributed by atoms with Gasteiger partial charge < -0.3 is 0 Å². The third-order valence-electron chi connectivity index (χ3n) is 5.76. The van der Waals surface area contributed by atoms with E-state index in [1.807, 2.05) is 12.1 Å². The molecule has 140 valence electrons. The molecule has 1 aliphatic carbocycles. The summed E-state index contributed by atoms with van der Waals surface area (Å²) in [5, 5.41) is 0. The second-order valence-electron chi connectivity index (χ2n) is 7.34. The molecule has 0 bridgehead atoms. The van der Waals surface area contributed by atoms with E-state index in [0.717, 1.165) is 18.4 Å². The van der Waals surface area contributed by atoms with Crippen LogP contribution in [0.5, 0.6) is 0 Å². The molecular formula is C22H24F4. The molecule has 0 spiro atoms. The monoisotopic (exact) mass is 364 g/mol. The van der Waals surface area contributed by atoms with Crippen molar-refractivity contribution in [2.45, 2.75) is 57.8 Å². The highest BCUT2D eigenvalue weighted by atomic mass is 19.3. The van der Waals surface area contributed by atoms with Crippen LogP contribution in [0.2, 0.25) is 0 Å². The zero-order valence-corrected chi connectivity index (χ0v) is 15.2. The number of hydrogen-bond acceptors (Lipinski definition) is 0. The van der Waals surface area contributed by atoms with Crippen molar-refractivity contribution in [3.05, 3.63) is 59.2 Å². The summed E-state index contributed by atoms with van der Waals surface area (Å²) in [6, 6.07) is 10.5. The Labute approximate surface area is 152 Å². The largest absolute Gasteiger partial charge is 0.250 e. The Morgan fingerprint density at radius 3 is 2.08 bits per heavy atom. The molecule has 0 N–H and O–H groups in total. The molecule has 1 aliphatic rings. The zero-order valence-electron chi connectivity index (χ0n) is 15.2. The number of alkyl halides is 2. The molecule has 1 fully saturated rings. The van der Waals surface area contributed by atoms with Gasteiger partial charge in [0, 0.05) is 17.9 Å². The predicted octanol–water partition coefficient (Wildman–Crippen LogP) is 7.26. The minimum atomic E-state index is -2.57. The summed E-state index contributed by atoms with van der Waals surface area (Å²) >= 11 is 0. The van der Waals surface area contributed by atoms with Crippen molar-refractivity contribution in [2.24, 2.45) is 5.92 Å². The van der Waals surface area contributed by atoms with E-state index in [-0.39, 0.29) is 23.5 Å². The SMILES string of the molecule is CCC(F)(F)C1CCC(c2ccc(-c3ccc(C)c(F)c3F)cc2)CC1. The summed E-state index contributed by atoms with van der Waals surface area (Å²) in [5.74, 6) is -4.48. The second kappa shape index (κ2) is 7.42. The molecule has 0 aliphatic heterocycles. The molecule has 26 heavy (non-hydrogen) atoms. The molecule has 1 saturated carbocycles. The molecule has 0 amide bonds. The average molecular weight is 364 g/mol. The Morgan fingerprint density at radius 1 is 0.885 bits per heavy atom. The number of aryl methyl sites for hydroxylation is 1. The quantitative estimate of drug-likeness (QED) is 0.501. The van der Waals surface area contributed by atoms with E-state index in [4.69, 9.17) is 0 Å². The minimum Gasteiger partial charge on any atom is -0.207 e. The number of hydrogen-bond donors (Lipinski definition) is 0. The van der Waals surface area contributed by atoms with Crippen LogP contribution in [0.15, 0.2) is 36.4 Å². The van der Waals surface area contributed by atoms with Crippen molar-refractivity contribution < 1.29 is 17.6 Å². The smallest absolute Gasteiger partial charge is 0.207 e. The van der Waals surface area contributed by atoms with Crippen LogP contribution in [-0.2, 0) is 0 Å². The molecule has 0 aromatic heterocycles. The molecule has 4 heteroatoms. The molecule has 0 saturated heterocycles. The molecule has 0 nitrogen and oxygen atoms in total. The standard InChI is InChI=1S/C22H24F4/c1-3-22(25,26)18-11-9-16(10-12-18)15-5-7-17(8-6-15)19-13-4-14(2)20(23)21(19)24/h4-8,13,16,18H,3,9-12H2,1-2H3. The first kappa shape index (κ1) is 18.9. The fourth-order valence-electron chi connectivity index (χ4n) is 3.94. The van der Waals surface area contributed by atoms with Gasteiger partial charge in [0.15, 0.2) is 11.6 Å². The third kappa shape index (κ3) is 3.65. The van der Waals surface area contributed by atoms with Crippen LogP contribution in [0.3, 0.4) is 0 Å². The van der Waals surface area contributed by atoms with Crippen molar-refractivity contribution in [1.82, 2.24) is 0 Å². The van der Waals surface area contributed by atoms with Gasteiger partial charge in [0.2, 0.25) is 0 Å². The van der Waals surface area contributed by atoms with Crippen molar-refractivity contribution in [3.63, 3.8) is 0 Å². The van der Waals surface area contributed by atoms with Crippen LogP contribution in [0.1, 0.15) is 56.1 Å². The Hall–Kier alpha value is -1.84. The first-order valence-corrected chi connectivity index (χ1v) is 9.26. The molecule has 2 aromatic carbocycles. The first-order chi connectivity index (χ1) is 12.3. The van der Waals surface area contributed by atoms with Crippen LogP contribution in [0.25, 0.3) is 11.1 Å². The lowest BCUT2D eigenvalue weighted by Crippen LogP contribution is -2.30. The molecule has 0 heterocycles. The van der Waals surface area contributed by atoms with Crippen LogP contribution in [-0.4, -0.2) is 5.92 Å². The maximum Gasteiger partial charge on any atom is 0.250 e. The van der Waals surface area contributed by atoms with E-state index in [1.54, 1.807) is 24.3 Å². The van der Waals surface area contributed by atoms with Crippen LogP contribution >= 0.6 is 0 Å². The number of benzene rings is 2. The van der Waals surface area contributed by atoms with E-state index in [9.17, 15) is 17.6 Å². The van der Waals surface area contributed by atoms with Crippen LogP contribution in [0, 0.1) is 24.5 Å². The Kier molecular flexibility index (Phi) is 5.40. The minimum absolute atomic E-state index is 0.101. The van der Waals surface area contributed by atoms with Gasteiger partial charge in [-0.1, -0.05) is 43.3 Å². The van der Waals surface area contributed by atoms with Crippen molar-refractivity contribution in [2.75, 3.05) is 0 Å². The van der Waals surface area contributed by atoms with E-state index in [2.05, 4.69) is 0 Å². The first-order valence-electron chi connectivity index (χ1n) is 9.26. The summed E-state index contributed by atoms with van der Waals surface area (Å²) in [7, 11) is 0. The van der Waals surface area contributed by atoms with Gasteiger partial charge in [-0.2, -0.15) is 0 Å². The fraction of sp³-hybridized carbons (Fsp3) is 0.455. The highest BCUT2D eigenvalue weighted by Gasteiger charge is 2.39. The summed E-state index contributed by atoms with van der Waals surface area (Å²) in [6.45, 7) is 3.07. The second-order valence-corrected chi connectivity index (χ2v) is 7.34.